The molecular weight excluding hydrogens is 364 g/mol. The minimum Gasteiger partial charge on any atom is -0.369 e. The van der Waals surface area contributed by atoms with Gasteiger partial charge in [0.2, 0.25) is 11.8 Å². The smallest absolute Gasteiger partial charge is 0.248 e. The van der Waals surface area contributed by atoms with Crippen LogP contribution in [0.15, 0.2) is 48.7 Å². The predicted octanol–water partition coefficient (Wildman–Crippen LogP) is 3.56. The molecule has 1 atom stereocenters. The summed E-state index contributed by atoms with van der Waals surface area (Å²) in [5.74, 6) is 0.668. The number of carbonyl (C=O) groups excluding carboxylic acids is 2. The number of pyridine rings is 1. The van der Waals surface area contributed by atoms with Crippen molar-refractivity contribution >= 4 is 29.4 Å². The van der Waals surface area contributed by atoms with E-state index in [1.165, 1.54) is 11.6 Å². The number of hydrogen-bond acceptors (Lipinski definition) is 4. The minimum atomic E-state index is -0.260. The van der Waals surface area contributed by atoms with Gasteiger partial charge in [-0.2, -0.15) is 0 Å². The van der Waals surface area contributed by atoms with E-state index in [0.717, 1.165) is 30.8 Å². The zero-order chi connectivity index (χ0) is 20.8. The molecular formula is C23H28N4O2. The van der Waals surface area contributed by atoms with Crippen molar-refractivity contribution < 1.29 is 9.59 Å². The molecule has 1 unspecified atom stereocenters. The average Bonchev–Trinajstić information content (AvgIpc) is 2.73. The third kappa shape index (κ3) is 5.67. The zero-order valence-electron chi connectivity index (χ0n) is 17.0. The van der Waals surface area contributed by atoms with E-state index in [2.05, 4.69) is 41.2 Å². The molecule has 1 aliphatic rings. The Morgan fingerprint density at radius 1 is 1.21 bits per heavy atom. The highest BCUT2D eigenvalue weighted by Gasteiger charge is 2.24. The summed E-state index contributed by atoms with van der Waals surface area (Å²) in [5.41, 5.74) is 8.32. The van der Waals surface area contributed by atoms with Gasteiger partial charge in [-0.05, 0) is 48.1 Å². The number of hydrogen-bond donors (Lipinski definition) is 2. The van der Waals surface area contributed by atoms with Crippen LogP contribution in [0.2, 0.25) is 0 Å². The third-order valence-electron chi connectivity index (χ3n) is 5.19. The van der Waals surface area contributed by atoms with Crippen molar-refractivity contribution in [2.45, 2.75) is 32.6 Å². The number of benzene rings is 1. The van der Waals surface area contributed by atoms with Crippen molar-refractivity contribution in [3.8, 4) is 0 Å². The standard InChI is InChI=1S/C23H28N4O2/c1-16(2)18-8-5-17(6-9-18)7-12-22(28)26-20-10-11-21(25-14-20)27-13-3-4-19(15-27)23(24)29/h5-12,14,16,19H,3-4,13,15H2,1-2H3,(H2,24,29)(H,26,28)/b12-7+. The molecule has 0 radical (unpaired) electrons. The van der Waals surface area contributed by atoms with E-state index in [9.17, 15) is 9.59 Å². The van der Waals surface area contributed by atoms with Crippen LogP contribution in [0.3, 0.4) is 0 Å². The van der Waals surface area contributed by atoms with Crippen molar-refractivity contribution in [2.24, 2.45) is 11.7 Å². The van der Waals surface area contributed by atoms with Crippen LogP contribution in [0.25, 0.3) is 6.08 Å². The van der Waals surface area contributed by atoms with E-state index in [1.807, 2.05) is 24.3 Å². The van der Waals surface area contributed by atoms with Gasteiger partial charge in [-0.15, -0.1) is 0 Å². The Balaban J connectivity index is 1.56. The van der Waals surface area contributed by atoms with Crippen LogP contribution >= 0.6 is 0 Å². The van der Waals surface area contributed by atoms with Crippen LogP contribution in [0.1, 0.15) is 43.7 Å². The Morgan fingerprint density at radius 3 is 2.59 bits per heavy atom. The van der Waals surface area contributed by atoms with E-state index in [-0.39, 0.29) is 17.7 Å². The second-order valence-electron chi connectivity index (χ2n) is 7.74. The van der Waals surface area contributed by atoms with Gasteiger partial charge in [0, 0.05) is 19.2 Å². The number of piperidine rings is 1. The van der Waals surface area contributed by atoms with Crippen LogP contribution in [0.5, 0.6) is 0 Å². The molecule has 0 aliphatic carbocycles. The topological polar surface area (TPSA) is 88.3 Å². The summed E-state index contributed by atoms with van der Waals surface area (Å²) in [7, 11) is 0. The number of primary amides is 1. The first-order chi connectivity index (χ1) is 13.9. The predicted molar refractivity (Wildman–Crippen MR) is 117 cm³/mol. The van der Waals surface area contributed by atoms with Gasteiger partial charge in [0.25, 0.3) is 0 Å². The summed E-state index contributed by atoms with van der Waals surface area (Å²) in [5, 5.41) is 2.82. The Morgan fingerprint density at radius 2 is 1.97 bits per heavy atom. The number of carbonyl (C=O) groups is 2. The van der Waals surface area contributed by atoms with Gasteiger partial charge in [-0.3, -0.25) is 9.59 Å². The highest BCUT2D eigenvalue weighted by molar-refractivity contribution is 6.01. The fourth-order valence-corrected chi connectivity index (χ4v) is 3.41. The first-order valence-electron chi connectivity index (χ1n) is 10.0. The van der Waals surface area contributed by atoms with Crippen LogP contribution in [-0.2, 0) is 9.59 Å². The molecule has 2 heterocycles. The molecule has 3 N–H and O–H groups in total. The maximum atomic E-state index is 12.2. The normalized spacial score (nSPS) is 16.9. The highest BCUT2D eigenvalue weighted by Crippen LogP contribution is 2.22. The molecule has 1 aromatic carbocycles. The SMILES string of the molecule is CC(C)c1ccc(/C=C/C(=O)Nc2ccc(N3CCCC(C(N)=O)C3)nc2)cc1. The van der Waals surface area contributed by atoms with Gasteiger partial charge in [-0.1, -0.05) is 38.1 Å². The molecule has 1 aromatic heterocycles. The van der Waals surface area contributed by atoms with Gasteiger partial charge in [0.1, 0.15) is 5.82 Å². The highest BCUT2D eigenvalue weighted by atomic mass is 16.1. The van der Waals surface area contributed by atoms with Gasteiger partial charge in [-0.25, -0.2) is 4.98 Å². The van der Waals surface area contributed by atoms with Crippen molar-refractivity contribution in [1.82, 2.24) is 4.98 Å². The molecule has 29 heavy (non-hydrogen) atoms. The lowest BCUT2D eigenvalue weighted by Gasteiger charge is -2.32. The molecule has 0 spiro atoms. The molecule has 6 heteroatoms. The molecule has 6 nitrogen and oxygen atoms in total. The number of anilines is 2. The molecule has 0 saturated carbocycles. The molecule has 1 aliphatic heterocycles. The number of amides is 2. The molecule has 1 saturated heterocycles. The number of nitrogens with one attached hydrogen (secondary N) is 1. The third-order valence-corrected chi connectivity index (χ3v) is 5.19. The van der Waals surface area contributed by atoms with Crippen LogP contribution in [0.4, 0.5) is 11.5 Å². The summed E-state index contributed by atoms with van der Waals surface area (Å²) >= 11 is 0. The zero-order valence-corrected chi connectivity index (χ0v) is 17.0. The largest absolute Gasteiger partial charge is 0.369 e. The quantitative estimate of drug-likeness (QED) is 0.736. The fraction of sp³-hybridized carbons (Fsp3) is 0.348. The number of aromatic nitrogens is 1. The molecule has 2 amide bonds. The summed E-state index contributed by atoms with van der Waals surface area (Å²) in [6, 6.07) is 11.8. The van der Waals surface area contributed by atoms with Crippen molar-refractivity contribution in [2.75, 3.05) is 23.3 Å². The van der Waals surface area contributed by atoms with Crippen LogP contribution in [-0.4, -0.2) is 29.9 Å². The molecule has 152 valence electrons. The number of nitrogens with two attached hydrogens (primary N) is 1. The van der Waals surface area contributed by atoms with Gasteiger partial charge in [0.15, 0.2) is 0 Å². The molecule has 1 fully saturated rings. The van der Waals surface area contributed by atoms with E-state index >= 15 is 0 Å². The summed E-state index contributed by atoms with van der Waals surface area (Å²) in [4.78, 5) is 30.1. The van der Waals surface area contributed by atoms with Gasteiger partial charge < -0.3 is 16.0 Å². The van der Waals surface area contributed by atoms with Crippen molar-refractivity contribution in [1.29, 1.82) is 0 Å². The summed E-state index contributed by atoms with van der Waals surface area (Å²) in [6.07, 6.45) is 6.68. The van der Waals surface area contributed by atoms with E-state index in [1.54, 1.807) is 12.3 Å². The molecule has 3 rings (SSSR count). The Kier molecular flexibility index (Phi) is 6.65. The lowest BCUT2D eigenvalue weighted by Crippen LogP contribution is -2.41. The number of nitrogens with zero attached hydrogens (tertiary/aromatic N) is 2. The van der Waals surface area contributed by atoms with Crippen LogP contribution < -0.4 is 16.0 Å². The maximum Gasteiger partial charge on any atom is 0.248 e. The van der Waals surface area contributed by atoms with Crippen molar-refractivity contribution in [3.05, 3.63) is 59.8 Å². The molecule has 0 bridgehead atoms. The lowest BCUT2D eigenvalue weighted by molar-refractivity contribution is -0.122. The van der Waals surface area contributed by atoms with E-state index in [4.69, 9.17) is 5.73 Å². The van der Waals surface area contributed by atoms with Crippen LogP contribution in [0, 0.1) is 5.92 Å². The van der Waals surface area contributed by atoms with E-state index < -0.39 is 0 Å². The Hall–Kier alpha value is -3.15. The van der Waals surface area contributed by atoms with Crippen molar-refractivity contribution in [3.63, 3.8) is 0 Å². The number of rotatable bonds is 6. The molecule has 2 aromatic rings. The lowest BCUT2D eigenvalue weighted by atomic mass is 9.97. The second-order valence-corrected chi connectivity index (χ2v) is 7.74. The Labute approximate surface area is 171 Å². The van der Waals surface area contributed by atoms with Gasteiger partial charge in [0.05, 0.1) is 17.8 Å². The second kappa shape index (κ2) is 9.37. The Bertz CT molecular complexity index is 873. The minimum absolute atomic E-state index is 0.135. The summed E-state index contributed by atoms with van der Waals surface area (Å²) in [6.45, 7) is 5.74. The average molecular weight is 393 g/mol. The maximum absolute atomic E-state index is 12.2. The van der Waals surface area contributed by atoms with Gasteiger partial charge >= 0.3 is 0 Å². The fourth-order valence-electron chi connectivity index (χ4n) is 3.41. The summed E-state index contributed by atoms with van der Waals surface area (Å²) < 4.78 is 0. The first kappa shape index (κ1) is 20.6. The van der Waals surface area contributed by atoms with E-state index in [0.29, 0.717) is 18.2 Å². The monoisotopic (exact) mass is 392 g/mol. The first-order valence-corrected chi connectivity index (χ1v) is 10.0.